The minimum atomic E-state index is -3.37. The van der Waals surface area contributed by atoms with Gasteiger partial charge in [-0.15, -0.1) is 0 Å². The van der Waals surface area contributed by atoms with Gasteiger partial charge in [0.25, 0.3) is 0 Å². The normalized spacial score (nSPS) is 18.7. The number of sulfonamides is 1. The van der Waals surface area contributed by atoms with E-state index in [0.717, 1.165) is 29.5 Å². The third kappa shape index (κ3) is 5.41. The van der Waals surface area contributed by atoms with Crippen molar-refractivity contribution in [2.24, 2.45) is 5.92 Å². The first kappa shape index (κ1) is 23.0. The summed E-state index contributed by atoms with van der Waals surface area (Å²) in [5.74, 6) is -0.0915. The molecule has 1 unspecified atom stereocenters. The number of aryl methyl sites for hydroxylation is 3. The van der Waals surface area contributed by atoms with Crippen LogP contribution in [0, 0.1) is 12.8 Å². The maximum Gasteiger partial charge on any atom is 0.223 e. The summed E-state index contributed by atoms with van der Waals surface area (Å²) in [5.41, 5.74) is 5.92. The molecule has 1 atom stereocenters. The van der Waals surface area contributed by atoms with Crippen molar-refractivity contribution in [3.63, 3.8) is 0 Å². The zero-order valence-electron chi connectivity index (χ0n) is 19.1. The largest absolute Gasteiger partial charge is 0.349 e. The maximum absolute atomic E-state index is 12.9. The van der Waals surface area contributed by atoms with E-state index >= 15 is 0 Å². The van der Waals surface area contributed by atoms with Gasteiger partial charge in [0.15, 0.2) is 0 Å². The first-order valence-corrected chi connectivity index (χ1v) is 13.4. The molecule has 6 heteroatoms. The molecule has 1 aliphatic carbocycles. The van der Waals surface area contributed by atoms with E-state index in [9.17, 15) is 13.2 Å². The van der Waals surface area contributed by atoms with Gasteiger partial charge in [-0.3, -0.25) is 4.79 Å². The highest BCUT2D eigenvalue weighted by atomic mass is 32.2. The molecule has 0 bridgehead atoms. The van der Waals surface area contributed by atoms with Gasteiger partial charge in [-0.25, -0.2) is 12.7 Å². The van der Waals surface area contributed by atoms with E-state index < -0.39 is 10.0 Å². The van der Waals surface area contributed by atoms with E-state index in [1.165, 1.54) is 24.0 Å². The van der Waals surface area contributed by atoms with Gasteiger partial charge < -0.3 is 5.32 Å². The van der Waals surface area contributed by atoms with Crippen LogP contribution in [-0.2, 0) is 33.4 Å². The fourth-order valence-corrected chi connectivity index (χ4v) is 6.38. The van der Waals surface area contributed by atoms with Crippen molar-refractivity contribution in [3.8, 4) is 0 Å². The van der Waals surface area contributed by atoms with Crippen molar-refractivity contribution < 1.29 is 13.2 Å². The molecule has 2 aromatic rings. The maximum atomic E-state index is 12.9. The number of nitrogens with one attached hydrogen (secondary N) is 1. The minimum Gasteiger partial charge on any atom is -0.349 e. The Morgan fingerprint density at radius 1 is 1.03 bits per heavy atom. The van der Waals surface area contributed by atoms with Crippen LogP contribution in [0.2, 0.25) is 0 Å². The average Bonchev–Trinajstić information content (AvgIpc) is 2.80. The number of amides is 1. The average molecular weight is 455 g/mol. The number of piperidine rings is 1. The summed E-state index contributed by atoms with van der Waals surface area (Å²) >= 11 is 0. The molecule has 1 saturated heterocycles. The van der Waals surface area contributed by atoms with Gasteiger partial charge in [-0.05, 0) is 74.6 Å². The van der Waals surface area contributed by atoms with E-state index in [2.05, 4.69) is 23.5 Å². The van der Waals surface area contributed by atoms with Gasteiger partial charge in [0.1, 0.15) is 0 Å². The Labute approximate surface area is 192 Å². The van der Waals surface area contributed by atoms with Crippen LogP contribution in [0.15, 0.2) is 42.5 Å². The molecule has 32 heavy (non-hydrogen) atoms. The minimum absolute atomic E-state index is 0.0134. The van der Waals surface area contributed by atoms with Gasteiger partial charge >= 0.3 is 0 Å². The summed E-state index contributed by atoms with van der Waals surface area (Å²) < 4.78 is 27.2. The molecule has 172 valence electrons. The number of rotatable bonds is 6. The Balaban J connectivity index is 1.30. The van der Waals surface area contributed by atoms with Gasteiger partial charge in [-0.1, -0.05) is 48.0 Å². The van der Waals surface area contributed by atoms with E-state index in [1.54, 1.807) is 4.31 Å². The Morgan fingerprint density at radius 2 is 1.69 bits per heavy atom. The monoisotopic (exact) mass is 454 g/mol. The molecule has 0 aromatic heterocycles. The molecule has 0 spiro atoms. The zero-order chi connectivity index (χ0) is 22.7. The summed E-state index contributed by atoms with van der Waals surface area (Å²) in [6.07, 6.45) is 5.91. The Morgan fingerprint density at radius 3 is 2.38 bits per heavy atom. The zero-order valence-corrected chi connectivity index (χ0v) is 20.0. The summed E-state index contributed by atoms with van der Waals surface area (Å²) in [7, 11) is -3.37. The number of benzene rings is 2. The molecular formula is C26H34N2O3S. The highest BCUT2D eigenvalue weighted by Gasteiger charge is 2.31. The van der Waals surface area contributed by atoms with Gasteiger partial charge in [0.05, 0.1) is 11.8 Å². The van der Waals surface area contributed by atoms with Crippen molar-refractivity contribution in [1.82, 2.24) is 9.62 Å². The topological polar surface area (TPSA) is 66.5 Å². The first-order chi connectivity index (χ1) is 15.3. The Bertz CT molecular complexity index is 1050. The van der Waals surface area contributed by atoms with Crippen LogP contribution in [0.4, 0.5) is 0 Å². The van der Waals surface area contributed by atoms with E-state index in [-0.39, 0.29) is 23.6 Å². The van der Waals surface area contributed by atoms with Crippen molar-refractivity contribution >= 4 is 15.9 Å². The van der Waals surface area contributed by atoms with Crippen molar-refractivity contribution in [2.45, 2.75) is 64.2 Å². The van der Waals surface area contributed by atoms with Crippen molar-refractivity contribution in [2.75, 3.05) is 13.1 Å². The van der Waals surface area contributed by atoms with Gasteiger partial charge in [0, 0.05) is 19.0 Å². The SMILES string of the molecule is Cc1ccc(CS(=O)(=O)N2CCC(C(=O)NC(C)c3ccc4c(c3)CCCC4)CC2)cc1. The summed E-state index contributed by atoms with van der Waals surface area (Å²) in [4.78, 5) is 12.9. The number of carbonyl (C=O) groups is 1. The van der Waals surface area contributed by atoms with E-state index in [0.29, 0.717) is 25.9 Å². The van der Waals surface area contributed by atoms with E-state index in [1.807, 2.05) is 38.1 Å². The first-order valence-electron chi connectivity index (χ1n) is 11.8. The van der Waals surface area contributed by atoms with Crippen LogP contribution in [0.25, 0.3) is 0 Å². The quantitative estimate of drug-likeness (QED) is 0.708. The third-order valence-electron chi connectivity index (χ3n) is 6.92. The fourth-order valence-electron chi connectivity index (χ4n) is 4.82. The number of hydrogen-bond donors (Lipinski definition) is 1. The second kappa shape index (κ2) is 9.75. The lowest BCUT2D eigenvalue weighted by molar-refractivity contribution is -0.126. The number of nitrogens with zero attached hydrogens (tertiary/aromatic N) is 1. The number of carbonyl (C=O) groups excluding carboxylic acids is 1. The van der Waals surface area contributed by atoms with Gasteiger partial charge in [0.2, 0.25) is 15.9 Å². The molecule has 4 rings (SSSR count). The molecule has 1 heterocycles. The standard InChI is InChI=1S/C26H34N2O3S/c1-19-7-9-21(10-8-19)18-32(30,31)28-15-13-23(14-16-28)26(29)27-20(2)24-12-11-22-5-3-4-6-25(22)17-24/h7-12,17,20,23H,3-6,13-16,18H2,1-2H3,(H,27,29). The third-order valence-corrected chi connectivity index (χ3v) is 8.77. The molecule has 0 saturated carbocycles. The summed E-state index contributed by atoms with van der Waals surface area (Å²) in [5, 5.41) is 3.16. The molecule has 5 nitrogen and oxygen atoms in total. The van der Waals surface area contributed by atoms with Crippen LogP contribution in [0.5, 0.6) is 0 Å². The van der Waals surface area contributed by atoms with Crippen LogP contribution in [0.1, 0.15) is 66.5 Å². The number of fused-ring (bicyclic) bond motifs is 1. The summed E-state index contributed by atoms with van der Waals surface area (Å²) in [6.45, 7) is 4.82. The Kier molecular flexibility index (Phi) is 7.01. The lowest BCUT2D eigenvalue weighted by atomic mass is 9.89. The van der Waals surface area contributed by atoms with Crippen molar-refractivity contribution in [3.05, 3.63) is 70.3 Å². The Hall–Kier alpha value is -2.18. The van der Waals surface area contributed by atoms with Crippen LogP contribution < -0.4 is 5.32 Å². The highest BCUT2D eigenvalue weighted by Crippen LogP contribution is 2.26. The molecule has 2 aliphatic rings. The highest BCUT2D eigenvalue weighted by molar-refractivity contribution is 7.88. The molecule has 1 fully saturated rings. The second-order valence-corrected chi connectivity index (χ2v) is 11.3. The molecular weight excluding hydrogens is 420 g/mol. The predicted octanol–water partition coefficient (Wildman–Crippen LogP) is 4.29. The fraction of sp³-hybridized carbons (Fsp3) is 0.500. The van der Waals surface area contributed by atoms with Crippen molar-refractivity contribution in [1.29, 1.82) is 0 Å². The lowest BCUT2D eigenvalue weighted by Crippen LogP contribution is -2.43. The molecule has 1 aliphatic heterocycles. The number of hydrogen-bond acceptors (Lipinski definition) is 3. The predicted molar refractivity (Wildman–Crippen MR) is 128 cm³/mol. The molecule has 1 amide bonds. The van der Waals surface area contributed by atoms with Crippen LogP contribution in [-0.4, -0.2) is 31.7 Å². The molecule has 2 aromatic carbocycles. The van der Waals surface area contributed by atoms with Gasteiger partial charge in [-0.2, -0.15) is 0 Å². The summed E-state index contributed by atoms with van der Waals surface area (Å²) in [6, 6.07) is 14.2. The smallest absolute Gasteiger partial charge is 0.223 e. The van der Waals surface area contributed by atoms with Crippen LogP contribution in [0.3, 0.4) is 0 Å². The van der Waals surface area contributed by atoms with E-state index in [4.69, 9.17) is 0 Å². The second-order valence-electron chi connectivity index (χ2n) is 9.38. The molecule has 1 N–H and O–H groups in total. The van der Waals surface area contributed by atoms with Crippen LogP contribution >= 0.6 is 0 Å². The molecule has 0 radical (unpaired) electrons. The lowest BCUT2D eigenvalue weighted by Gasteiger charge is -2.31.